The third-order valence-electron chi connectivity index (χ3n) is 3.15. The lowest BCUT2D eigenvalue weighted by Gasteiger charge is -2.18. The molecule has 0 amide bonds. The maximum atomic E-state index is 13.6. The highest BCUT2D eigenvalue weighted by Gasteiger charge is 2.23. The monoisotopic (exact) mass is 292 g/mol. The van der Waals surface area contributed by atoms with E-state index in [-0.39, 0.29) is 11.7 Å². The zero-order valence-corrected chi connectivity index (χ0v) is 11.3. The minimum absolute atomic E-state index is 0.159. The fraction of sp³-hybridized carbons (Fsp3) is 0.200. The van der Waals surface area contributed by atoms with Crippen LogP contribution < -0.4 is 5.32 Å². The minimum atomic E-state index is -1.19. The predicted molar refractivity (Wildman–Crippen MR) is 76.1 cm³/mol. The topological polar surface area (TPSA) is 55.2 Å². The summed E-state index contributed by atoms with van der Waals surface area (Å²) in [6, 6.07) is 10.4. The summed E-state index contributed by atoms with van der Waals surface area (Å²) in [6.07, 6.45) is 0.610. The Morgan fingerprint density at radius 2 is 1.90 bits per heavy atom. The summed E-state index contributed by atoms with van der Waals surface area (Å²) < 4.78 is 26.9. The van der Waals surface area contributed by atoms with Crippen LogP contribution in [0.15, 0.2) is 42.5 Å². The van der Waals surface area contributed by atoms with Gasteiger partial charge in [0.1, 0.15) is 11.5 Å². The van der Waals surface area contributed by atoms with Crippen LogP contribution in [0.1, 0.15) is 24.9 Å². The van der Waals surface area contributed by atoms with Crippen molar-refractivity contribution in [1.82, 2.24) is 0 Å². The number of hydrogen-bond donors (Lipinski definition) is 1. The lowest BCUT2D eigenvalue weighted by atomic mass is 10.0. The van der Waals surface area contributed by atoms with Gasteiger partial charge in [0.15, 0.2) is 0 Å². The molecule has 0 heterocycles. The molecular weight excluding hydrogens is 278 g/mol. The van der Waals surface area contributed by atoms with Crippen LogP contribution in [-0.2, 0) is 0 Å². The zero-order valence-electron chi connectivity index (χ0n) is 11.3. The summed E-state index contributed by atoms with van der Waals surface area (Å²) in [5.74, 6) is -2.05. The van der Waals surface area contributed by atoms with Crippen molar-refractivity contribution < 1.29 is 13.7 Å². The molecule has 0 aliphatic heterocycles. The van der Waals surface area contributed by atoms with E-state index in [1.54, 1.807) is 0 Å². The number of nitro groups is 1. The van der Waals surface area contributed by atoms with Crippen molar-refractivity contribution in [2.45, 2.75) is 19.4 Å². The van der Waals surface area contributed by atoms with Crippen LogP contribution in [0, 0.1) is 21.7 Å². The van der Waals surface area contributed by atoms with Gasteiger partial charge in [0.05, 0.1) is 11.0 Å². The van der Waals surface area contributed by atoms with Crippen LogP contribution in [0.2, 0.25) is 0 Å². The second kappa shape index (κ2) is 6.30. The molecule has 4 nitrogen and oxygen atoms in total. The number of benzene rings is 2. The molecular formula is C15H14F2N2O2. The summed E-state index contributed by atoms with van der Waals surface area (Å²) in [6.45, 7) is 1.88. The fourth-order valence-corrected chi connectivity index (χ4v) is 2.16. The van der Waals surface area contributed by atoms with Crippen LogP contribution in [0.25, 0.3) is 0 Å². The third-order valence-corrected chi connectivity index (χ3v) is 3.15. The fourth-order valence-electron chi connectivity index (χ4n) is 2.16. The van der Waals surface area contributed by atoms with E-state index in [9.17, 15) is 18.9 Å². The van der Waals surface area contributed by atoms with Crippen molar-refractivity contribution in [2.75, 3.05) is 5.32 Å². The average molecular weight is 292 g/mol. The molecule has 2 aromatic carbocycles. The minimum Gasteiger partial charge on any atom is -0.373 e. The van der Waals surface area contributed by atoms with Crippen molar-refractivity contribution in [2.24, 2.45) is 0 Å². The Bertz CT molecular complexity index is 648. The second-order valence-electron chi connectivity index (χ2n) is 4.56. The second-order valence-corrected chi connectivity index (χ2v) is 4.56. The van der Waals surface area contributed by atoms with Gasteiger partial charge in [-0.2, -0.15) is 4.39 Å². The zero-order chi connectivity index (χ0) is 15.4. The van der Waals surface area contributed by atoms with Crippen LogP contribution in [0.5, 0.6) is 0 Å². The maximum Gasteiger partial charge on any atom is 0.327 e. The summed E-state index contributed by atoms with van der Waals surface area (Å²) in [5, 5.41) is 13.8. The first-order chi connectivity index (χ1) is 10.0. The van der Waals surface area contributed by atoms with Crippen molar-refractivity contribution >= 4 is 11.4 Å². The molecule has 1 atom stereocenters. The van der Waals surface area contributed by atoms with Gasteiger partial charge in [-0.1, -0.05) is 37.3 Å². The molecule has 0 bridgehead atoms. The van der Waals surface area contributed by atoms with Gasteiger partial charge < -0.3 is 5.32 Å². The first-order valence-electron chi connectivity index (χ1n) is 6.47. The quantitative estimate of drug-likeness (QED) is 0.655. The highest BCUT2D eigenvalue weighted by atomic mass is 19.1. The summed E-state index contributed by atoms with van der Waals surface area (Å²) in [4.78, 5) is 10.1. The Kier molecular flexibility index (Phi) is 4.47. The number of nitrogens with zero attached hydrogens (tertiary/aromatic N) is 1. The van der Waals surface area contributed by atoms with Crippen molar-refractivity contribution in [3.05, 3.63) is 69.8 Å². The van der Waals surface area contributed by atoms with Gasteiger partial charge in [-0.25, -0.2) is 4.39 Å². The SMILES string of the molecule is CCC(Nc1cc(F)cc(F)c1[N+](=O)[O-])c1ccccc1. The van der Waals surface area contributed by atoms with Crippen molar-refractivity contribution in [3.63, 3.8) is 0 Å². The molecule has 110 valence electrons. The first kappa shape index (κ1) is 14.9. The largest absolute Gasteiger partial charge is 0.373 e. The molecule has 2 rings (SSSR count). The van der Waals surface area contributed by atoms with Gasteiger partial charge in [-0.05, 0) is 12.0 Å². The van der Waals surface area contributed by atoms with E-state index in [2.05, 4.69) is 5.32 Å². The van der Waals surface area contributed by atoms with Gasteiger partial charge in [0.25, 0.3) is 0 Å². The van der Waals surface area contributed by atoms with Crippen LogP contribution >= 0.6 is 0 Å². The smallest absolute Gasteiger partial charge is 0.327 e. The molecule has 1 unspecified atom stereocenters. The molecule has 2 aromatic rings. The molecule has 1 N–H and O–H groups in total. The standard InChI is InChI=1S/C15H14F2N2O2/c1-2-13(10-6-4-3-5-7-10)18-14-9-11(16)8-12(17)15(14)19(20)21/h3-9,13,18H,2H2,1H3. The lowest BCUT2D eigenvalue weighted by Crippen LogP contribution is -2.12. The molecule has 0 saturated carbocycles. The lowest BCUT2D eigenvalue weighted by molar-refractivity contribution is -0.386. The highest BCUT2D eigenvalue weighted by molar-refractivity contribution is 5.63. The van der Waals surface area contributed by atoms with Gasteiger partial charge in [0, 0.05) is 12.1 Å². The number of nitro benzene ring substituents is 1. The normalized spacial score (nSPS) is 12.0. The summed E-state index contributed by atoms with van der Waals surface area (Å²) in [5.41, 5.74) is -0.0158. The first-order valence-corrected chi connectivity index (χ1v) is 6.47. The molecule has 6 heteroatoms. The van der Waals surface area contributed by atoms with Crippen LogP contribution in [-0.4, -0.2) is 4.92 Å². The van der Waals surface area contributed by atoms with Gasteiger partial charge in [-0.3, -0.25) is 10.1 Å². The molecule has 0 aliphatic rings. The molecule has 0 fully saturated rings. The number of hydrogen-bond acceptors (Lipinski definition) is 3. The van der Waals surface area contributed by atoms with E-state index in [4.69, 9.17) is 0 Å². The molecule has 0 aliphatic carbocycles. The van der Waals surface area contributed by atoms with E-state index < -0.39 is 22.2 Å². The van der Waals surface area contributed by atoms with Gasteiger partial charge in [0.2, 0.25) is 5.82 Å². The van der Waals surface area contributed by atoms with Crippen LogP contribution in [0.3, 0.4) is 0 Å². The maximum absolute atomic E-state index is 13.6. The number of nitrogens with one attached hydrogen (secondary N) is 1. The van der Waals surface area contributed by atoms with Crippen molar-refractivity contribution in [3.8, 4) is 0 Å². The Labute approximate surface area is 120 Å². The van der Waals surface area contributed by atoms with E-state index >= 15 is 0 Å². The number of rotatable bonds is 5. The Morgan fingerprint density at radius 3 is 2.48 bits per heavy atom. The third kappa shape index (κ3) is 3.34. The predicted octanol–water partition coefficient (Wildman–Crippen LogP) is 4.44. The van der Waals surface area contributed by atoms with E-state index in [1.807, 2.05) is 37.3 Å². The van der Waals surface area contributed by atoms with E-state index in [1.165, 1.54) is 0 Å². The summed E-state index contributed by atoms with van der Waals surface area (Å²) in [7, 11) is 0. The average Bonchev–Trinajstić information content (AvgIpc) is 2.44. The summed E-state index contributed by atoms with van der Waals surface area (Å²) >= 11 is 0. The van der Waals surface area contributed by atoms with Gasteiger partial charge >= 0.3 is 5.69 Å². The van der Waals surface area contributed by atoms with Crippen LogP contribution in [0.4, 0.5) is 20.2 Å². The molecule has 21 heavy (non-hydrogen) atoms. The van der Waals surface area contributed by atoms with E-state index in [0.29, 0.717) is 12.5 Å². The molecule has 0 aromatic heterocycles. The Hall–Kier alpha value is -2.50. The highest BCUT2D eigenvalue weighted by Crippen LogP contribution is 2.32. The molecule has 0 spiro atoms. The van der Waals surface area contributed by atoms with E-state index in [0.717, 1.165) is 11.6 Å². The van der Waals surface area contributed by atoms with Crippen molar-refractivity contribution in [1.29, 1.82) is 0 Å². The Morgan fingerprint density at radius 1 is 1.24 bits per heavy atom. The molecule has 0 radical (unpaired) electrons. The van der Waals surface area contributed by atoms with Gasteiger partial charge in [-0.15, -0.1) is 0 Å². The number of anilines is 1. The Balaban J connectivity index is 2.40. The number of halogens is 2. The molecule has 0 saturated heterocycles.